The van der Waals surface area contributed by atoms with Gasteiger partial charge in [0.05, 0.1) is 7.11 Å². The molecule has 0 saturated carbocycles. The Labute approximate surface area is 60.1 Å². The third-order valence-corrected chi connectivity index (χ3v) is 1.33. The van der Waals surface area contributed by atoms with Gasteiger partial charge in [0.25, 0.3) is 0 Å². The molecule has 10 heavy (non-hydrogen) atoms. The van der Waals surface area contributed by atoms with Crippen molar-refractivity contribution in [1.29, 1.82) is 0 Å². The van der Waals surface area contributed by atoms with Crippen LogP contribution in [0.5, 0.6) is 11.5 Å². The maximum absolute atomic E-state index is 9.17. The van der Waals surface area contributed by atoms with Crippen LogP contribution in [0.2, 0.25) is 0 Å². The number of hydrogen-bond donors (Lipinski definition) is 1. The molecule has 0 bridgehead atoms. The van der Waals surface area contributed by atoms with Gasteiger partial charge in [-0.1, -0.05) is 6.07 Å². The fraction of sp³-hybridized carbons (Fsp3) is 0.250. The Morgan fingerprint density at radius 3 is 2.60 bits per heavy atom. The van der Waals surface area contributed by atoms with Crippen LogP contribution in [0.4, 0.5) is 0 Å². The predicted octanol–water partition coefficient (Wildman–Crippen LogP) is 1.71. The van der Waals surface area contributed by atoms with Gasteiger partial charge in [0.15, 0.2) is 11.5 Å². The molecule has 0 aromatic heterocycles. The van der Waals surface area contributed by atoms with Gasteiger partial charge < -0.3 is 9.84 Å². The predicted molar refractivity (Wildman–Crippen MR) is 39.4 cm³/mol. The molecule has 0 spiro atoms. The van der Waals surface area contributed by atoms with Crippen LogP contribution in [0.3, 0.4) is 0 Å². The average Bonchev–Trinajstić information content (AvgIpc) is 1.88. The molecule has 1 rings (SSSR count). The van der Waals surface area contributed by atoms with Crippen LogP contribution < -0.4 is 4.74 Å². The van der Waals surface area contributed by atoms with E-state index < -0.39 is 0 Å². The molecule has 1 aromatic rings. The first-order valence-corrected chi connectivity index (χ1v) is 3.07. The summed E-state index contributed by atoms with van der Waals surface area (Å²) in [6.45, 7) is 1.92. The van der Waals surface area contributed by atoms with Crippen molar-refractivity contribution in [3.8, 4) is 11.5 Å². The minimum absolute atomic E-state index is 0.197. The number of hydrogen-bond acceptors (Lipinski definition) is 2. The van der Waals surface area contributed by atoms with E-state index in [1.54, 1.807) is 12.1 Å². The van der Waals surface area contributed by atoms with Gasteiger partial charge >= 0.3 is 0 Å². The lowest BCUT2D eigenvalue weighted by Crippen LogP contribution is -1.82. The summed E-state index contributed by atoms with van der Waals surface area (Å²) in [5.41, 5.74) is 1.03. The Morgan fingerprint density at radius 1 is 1.40 bits per heavy atom. The third-order valence-electron chi connectivity index (χ3n) is 1.33. The van der Waals surface area contributed by atoms with Crippen molar-refractivity contribution < 1.29 is 9.84 Å². The van der Waals surface area contributed by atoms with Crippen molar-refractivity contribution in [3.05, 3.63) is 23.8 Å². The van der Waals surface area contributed by atoms with E-state index in [9.17, 15) is 0 Å². The van der Waals surface area contributed by atoms with E-state index >= 15 is 0 Å². The van der Waals surface area contributed by atoms with E-state index in [-0.39, 0.29) is 5.75 Å². The number of aryl methyl sites for hydroxylation is 1. The SMILES string of the molecule is COc1ccc(C)cc1O. The molecule has 0 atom stereocenters. The first kappa shape index (κ1) is 6.93. The molecule has 1 aromatic carbocycles. The largest absolute Gasteiger partial charge is 0.504 e. The Morgan fingerprint density at radius 2 is 2.10 bits per heavy atom. The van der Waals surface area contributed by atoms with E-state index in [4.69, 9.17) is 9.84 Å². The third kappa shape index (κ3) is 1.21. The van der Waals surface area contributed by atoms with Crippen molar-refractivity contribution in [2.75, 3.05) is 7.11 Å². The Kier molecular flexibility index (Phi) is 1.81. The van der Waals surface area contributed by atoms with Crippen molar-refractivity contribution in [2.24, 2.45) is 0 Å². The maximum atomic E-state index is 9.17. The number of rotatable bonds is 1. The van der Waals surface area contributed by atoms with Gasteiger partial charge in [-0.15, -0.1) is 0 Å². The molecule has 0 aliphatic heterocycles. The van der Waals surface area contributed by atoms with E-state index in [1.165, 1.54) is 7.11 Å². The lowest BCUT2D eigenvalue weighted by Gasteiger charge is -2.01. The van der Waals surface area contributed by atoms with E-state index in [0.717, 1.165) is 5.56 Å². The molecule has 0 amide bonds. The van der Waals surface area contributed by atoms with Crippen molar-refractivity contribution >= 4 is 0 Å². The molecule has 0 aliphatic carbocycles. The standard InChI is InChI=1S/C8H10O2/c1-6-3-4-8(10-2)7(9)5-6/h3-5,9H,1-2H3. The first-order valence-electron chi connectivity index (χ1n) is 3.07. The van der Waals surface area contributed by atoms with Crippen LogP contribution in [-0.2, 0) is 0 Å². The average molecular weight is 138 g/mol. The van der Waals surface area contributed by atoms with E-state index in [2.05, 4.69) is 0 Å². The number of ether oxygens (including phenoxy) is 1. The highest BCUT2D eigenvalue weighted by Gasteiger charge is 1.97. The maximum Gasteiger partial charge on any atom is 0.160 e. The van der Waals surface area contributed by atoms with Gasteiger partial charge in [-0.25, -0.2) is 0 Å². The summed E-state index contributed by atoms with van der Waals surface area (Å²) in [7, 11) is 1.53. The number of aromatic hydroxyl groups is 1. The van der Waals surface area contributed by atoms with Crippen LogP contribution in [0.15, 0.2) is 18.2 Å². The molecule has 0 fully saturated rings. The second-order valence-corrected chi connectivity index (χ2v) is 2.18. The smallest absolute Gasteiger partial charge is 0.160 e. The molecule has 0 saturated heterocycles. The topological polar surface area (TPSA) is 29.5 Å². The van der Waals surface area contributed by atoms with Gasteiger partial charge in [0, 0.05) is 0 Å². The first-order chi connectivity index (χ1) is 4.74. The van der Waals surface area contributed by atoms with Crippen molar-refractivity contribution in [3.63, 3.8) is 0 Å². The molecule has 1 N–H and O–H groups in total. The Bertz CT molecular complexity index is 231. The van der Waals surface area contributed by atoms with Crippen LogP contribution in [0.1, 0.15) is 5.56 Å². The second-order valence-electron chi connectivity index (χ2n) is 2.18. The van der Waals surface area contributed by atoms with Crippen LogP contribution in [-0.4, -0.2) is 12.2 Å². The van der Waals surface area contributed by atoms with Crippen LogP contribution in [0.25, 0.3) is 0 Å². The summed E-state index contributed by atoms with van der Waals surface area (Å²) in [4.78, 5) is 0. The van der Waals surface area contributed by atoms with E-state index in [1.807, 2.05) is 13.0 Å². The zero-order chi connectivity index (χ0) is 7.56. The summed E-state index contributed by atoms with van der Waals surface area (Å²) in [5, 5.41) is 9.17. The molecule has 0 heterocycles. The highest BCUT2D eigenvalue weighted by atomic mass is 16.5. The van der Waals surface area contributed by atoms with Gasteiger partial charge in [0.1, 0.15) is 0 Å². The summed E-state index contributed by atoms with van der Waals surface area (Å²) in [6, 6.07) is 5.29. The molecule has 0 unspecified atom stereocenters. The van der Waals surface area contributed by atoms with Gasteiger partial charge in [0.2, 0.25) is 0 Å². The summed E-state index contributed by atoms with van der Waals surface area (Å²) >= 11 is 0. The molecule has 54 valence electrons. The fourth-order valence-electron chi connectivity index (χ4n) is 0.800. The monoisotopic (exact) mass is 138 g/mol. The molecular formula is C8H10O2. The minimum Gasteiger partial charge on any atom is -0.504 e. The van der Waals surface area contributed by atoms with E-state index in [0.29, 0.717) is 5.75 Å². The summed E-state index contributed by atoms with van der Waals surface area (Å²) in [6.07, 6.45) is 0. The number of phenols is 1. The molecule has 0 radical (unpaired) electrons. The zero-order valence-electron chi connectivity index (χ0n) is 6.09. The normalized spacial score (nSPS) is 9.40. The fourth-order valence-corrected chi connectivity index (χ4v) is 0.800. The second kappa shape index (κ2) is 2.60. The quantitative estimate of drug-likeness (QED) is 0.640. The highest BCUT2D eigenvalue weighted by Crippen LogP contribution is 2.25. The molecule has 2 nitrogen and oxygen atoms in total. The highest BCUT2D eigenvalue weighted by molar-refractivity contribution is 5.41. The minimum atomic E-state index is 0.197. The van der Waals surface area contributed by atoms with Crippen LogP contribution in [0, 0.1) is 6.92 Å². The lowest BCUT2D eigenvalue weighted by molar-refractivity contribution is 0.373. The van der Waals surface area contributed by atoms with Gasteiger partial charge in [-0.05, 0) is 24.6 Å². The summed E-state index contributed by atoms with van der Waals surface area (Å²) in [5.74, 6) is 0.716. The van der Waals surface area contributed by atoms with Crippen molar-refractivity contribution in [2.45, 2.75) is 6.92 Å². The van der Waals surface area contributed by atoms with Crippen molar-refractivity contribution in [1.82, 2.24) is 0 Å². The Balaban J connectivity index is 3.07. The Hall–Kier alpha value is -1.18. The zero-order valence-corrected chi connectivity index (χ0v) is 6.09. The number of benzene rings is 1. The number of phenolic OH excluding ortho intramolecular Hbond substituents is 1. The van der Waals surface area contributed by atoms with Gasteiger partial charge in [-0.3, -0.25) is 0 Å². The molecule has 0 aliphatic rings. The number of methoxy groups -OCH3 is 1. The molecular weight excluding hydrogens is 128 g/mol. The molecule has 2 heteroatoms. The van der Waals surface area contributed by atoms with Crippen LogP contribution >= 0.6 is 0 Å². The lowest BCUT2D eigenvalue weighted by atomic mass is 10.2. The summed E-state index contributed by atoms with van der Waals surface area (Å²) < 4.78 is 4.85. The van der Waals surface area contributed by atoms with Gasteiger partial charge in [-0.2, -0.15) is 0 Å².